The van der Waals surface area contributed by atoms with E-state index in [4.69, 9.17) is 0 Å². The summed E-state index contributed by atoms with van der Waals surface area (Å²) >= 11 is 0. The molecule has 2 heteroatoms. The third-order valence-electron chi connectivity index (χ3n) is 3.93. The third kappa shape index (κ3) is 3.41. The highest BCUT2D eigenvalue weighted by molar-refractivity contribution is 5.51. The van der Waals surface area contributed by atoms with E-state index < -0.39 is 0 Å². The number of unbranched alkanes of at least 4 members (excludes halogenated alkanes) is 2. The predicted molar refractivity (Wildman–Crippen MR) is 77.2 cm³/mol. The van der Waals surface area contributed by atoms with E-state index in [2.05, 4.69) is 17.9 Å². The number of aromatic hydroxyl groups is 1. The zero-order chi connectivity index (χ0) is 12.8. The minimum absolute atomic E-state index is 0.381. The standard InChI is InChI=1S/C16H25NO/c1-2-3-6-12-17(14-8-4-5-9-14)15-10-7-11-16(18)13-15/h7,10-11,13-14,18H,2-6,8-9,12H2,1H3. The molecule has 0 radical (unpaired) electrons. The lowest BCUT2D eigenvalue weighted by atomic mass is 10.1. The largest absolute Gasteiger partial charge is 0.508 e. The third-order valence-corrected chi connectivity index (χ3v) is 3.93. The zero-order valence-corrected chi connectivity index (χ0v) is 11.4. The van der Waals surface area contributed by atoms with E-state index in [-0.39, 0.29) is 0 Å². The van der Waals surface area contributed by atoms with Crippen molar-refractivity contribution in [1.29, 1.82) is 0 Å². The molecule has 1 aliphatic rings. The summed E-state index contributed by atoms with van der Waals surface area (Å²) in [5.74, 6) is 0.381. The molecule has 2 rings (SSSR count). The molecule has 0 unspecified atom stereocenters. The van der Waals surface area contributed by atoms with E-state index in [0.29, 0.717) is 11.8 Å². The lowest BCUT2D eigenvalue weighted by molar-refractivity contribution is 0.474. The normalized spacial score (nSPS) is 16.1. The molecule has 1 N–H and O–H groups in total. The van der Waals surface area contributed by atoms with Gasteiger partial charge in [-0.1, -0.05) is 38.7 Å². The lowest BCUT2D eigenvalue weighted by Gasteiger charge is -2.31. The van der Waals surface area contributed by atoms with Gasteiger partial charge in [-0.3, -0.25) is 0 Å². The van der Waals surface area contributed by atoms with Gasteiger partial charge in [0.05, 0.1) is 0 Å². The Morgan fingerprint density at radius 2 is 2.00 bits per heavy atom. The number of hydrogen-bond acceptors (Lipinski definition) is 2. The van der Waals surface area contributed by atoms with Crippen LogP contribution in [0.3, 0.4) is 0 Å². The van der Waals surface area contributed by atoms with Crippen molar-refractivity contribution in [2.45, 2.75) is 57.9 Å². The zero-order valence-electron chi connectivity index (χ0n) is 11.4. The first kappa shape index (κ1) is 13.3. The molecule has 2 nitrogen and oxygen atoms in total. The average molecular weight is 247 g/mol. The minimum Gasteiger partial charge on any atom is -0.508 e. The molecule has 18 heavy (non-hydrogen) atoms. The van der Waals surface area contributed by atoms with E-state index in [1.165, 1.54) is 50.6 Å². The molecular formula is C16H25NO. The summed E-state index contributed by atoms with van der Waals surface area (Å²) < 4.78 is 0. The summed E-state index contributed by atoms with van der Waals surface area (Å²) in [6.45, 7) is 3.37. The van der Waals surface area contributed by atoms with Crippen molar-refractivity contribution >= 4 is 5.69 Å². The summed E-state index contributed by atoms with van der Waals surface area (Å²) in [5.41, 5.74) is 1.19. The van der Waals surface area contributed by atoms with Gasteiger partial charge in [-0.25, -0.2) is 0 Å². The molecule has 0 heterocycles. The van der Waals surface area contributed by atoms with Gasteiger partial charge in [0.2, 0.25) is 0 Å². The number of nitrogens with zero attached hydrogens (tertiary/aromatic N) is 1. The van der Waals surface area contributed by atoms with Crippen LogP contribution in [0, 0.1) is 0 Å². The maximum Gasteiger partial charge on any atom is 0.117 e. The van der Waals surface area contributed by atoms with Crippen molar-refractivity contribution in [3.05, 3.63) is 24.3 Å². The van der Waals surface area contributed by atoms with Crippen molar-refractivity contribution in [2.24, 2.45) is 0 Å². The molecule has 0 amide bonds. The molecular weight excluding hydrogens is 222 g/mol. The molecule has 0 aromatic heterocycles. The van der Waals surface area contributed by atoms with Crippen LogP contribution in [0.1, 0.15) is 51.9 Å². The van der Waals surface area contributed by atoms with Crippen molar-refractivity contribution in [3.63, 3.8) is 0 Å². The van der Waals surface area contributed by atoms with E-state index >= 15 is 0 Å². The molecule has 0 spiro atoms. The summed E-state index contributed by atoms with van der Waals surface area (Å²) in [6, 6.07) is 8.42. The maximum atomic E-state index is 9.65. The predicted octanol–water partition coefficient (Wildman–Crippen LogP) is 4.33. The Morgan fingerprint density at radius 3 is 2.67 bits per heavy atom. The van der Waals surface area contributed by atoms with Crippen LogP contribution in [-0.2, 0) is 0 Å². The number of phenols is 1. The molecule has 1 saturated carbocycles. The van der Waals surface area contributed by atoms with Crippen LogP contribution < -0.4 is 4.90 Å². The molecule has 1 aliphatic carbocycles. The Bertz CT molecular complexity index is 358. The van der Waals surface area contributed by atoms with E-state index in [0.717, 1.165) is 6.54 Å². The smallest absolute Gasteiger partial charge is 0.117 e. The van der Waals surface area contributed by atoms with Crippen molar-refractivity contribution in [1.82, 2.24) is 0 Å². The fourth-order valence-corrected chi connectivity index (χ4v) is 2.94. The highest BCUT2D eigenvalue weighted by Crippen LogP contribution is 2.30. The fourth-order valence-electron chi connectivity index (χ4n) is 2.94. The Morgan fingerprint density at radius 1 is 1.22 bits per heavy atom. The van der Waals surface area contributed by atoms with E-state index in [1.807, 2.05) is 12.1 Å². The second-order valence-electron chi connectivity index (χ2n) is 5.36. The van der Waals surface area contributed by atoms with Crippen molar-refractivity contribution in [3.8, 4) is 5.75 Å². The highest BCUT2D eigenvalue weighted by atomic mass is 16.3. The Kier molecular flexibility index (Phi) is 4.91. The van der Waals surface area contributed by atoms with Gasteiger partial charge < -0.3 is 10.0 Å². The second kappa shape index (κ2) is 6.67. The topological polar surface area (TPSA) is 23.5 Å². The van der Waals surface area contributed by atoms with E-state index in [1.54, 1.807) is 6.07 Å². The first-order valence-corrected chi connectivity index (χ1v) is 7.37. The average Bonchev–Trinajstić information content (AvgIpc) is 2.88. The van der Waals surface area contributed by atoms with Crippen LogP contribution in [0.2, 0.25) is 0 Å². The fraction of sp³-hybridized carbons (Fsp3) is 0.625. The van der Waals surface area contributed by atoms with E-state index in [9.17, 15) is 5.11 Å². The number of rotatable bonds is 6. The van der Waals surface area contributed by atoms with Crippen LogP contribution in [0.5, 0.6) is 5.75 Å². The molecule has 100 valence electrons. The minimum atomic E-state index is 0.381. The van der Waals surface area contributed by atoms with Crippen LogP contribution in [0.15, 0.2) is 24.3 Å². The van der Waals surface area contributed by atoms with Crippen LogP contribution in [0.4, 0.5) is 5.69 Å². The monoisotopic (exact) mass is 247 g/mol. The van der Waals surface area contributed by atoms with Gasteiger partial charge in [-0.15, -0.1) is 0 Å². The molecule has 1 aromatic rings. The van der Waals surface area contributed by atoms with Crippen molar-refractivity contribution in [2.75, 3.05) is 11.4 Å². The summed E-state index contributed by atoms with van der Waals surface area (Å²) in [4.78, 5) is 2.52. The molecule has 0 atom stereocenters. The van der Waals surface area contributed by atoms with Gasteiger partial charge in [-0.2, -0.15) is 0 Å². The molecule has 0 bridgehead atoms. The maximum absolute atomic E-state index is 9.65. The van der Waals surface area contributed by atoms with Gasteiger partial charge in [-0.05, 0) is 31.4 Å². The quantitative estimate of drug-likeness (QED) is 0.756. The van der Waals surface area contributed by atoms with Crippen LogP contribution in [0.25, 0.3) is 0 Å². The number of phenolic OH excluding ortho intramolecular Hbond substituents is 1. The number of hydrogen-bond donors (Lipinski definition) is 1. The summed E-state index contributed by atoms with van der Waals surface area (Å²) in [6.07, 6.45) is 9.13. The Hall–Kier alpha value is -1.18. The number of benzene rings is 1. The molecule has 0 aliphatic heterocycles. The van der Waals surface area contributed by atoms with Gasteiger partial charge >= 0.3 is 0 Å². The van der Waals surface area contributed by atoms with Crippen LogP contribution in [-0.4, -0.2) is 17.7 Å². The van der Waals surface area contributed by atoms with Gasteiger partial charge in [0.25, 0.3) is 0 Å². The second-order valence-corrected chi connectivity index (χ2v) is 5.36. The first-order chi connectivity index (χ1) is 8.81. The summed E-state index contributed by atoms with van der Waals surface area (Å²) in [7, 11) is 0. The van der Waals surface area contributed by atoms with Gasteiger partial charge in [0, 0.05) is 24.3 Å². The number of anilines is 1. The molecule has 1 aromatic carbocycles. The molecule has 1 fully saturated rings. The van der Waals surface area contributed by atoms with Gasteiger partial charge in [0.15, 0.2) is 0 Å². The first-order valence-electron chi connectivity index (χ1n) is 7.37. The van der Waals surface area contributed by atoms with Crippen molar-refractivity contribution < 1.29 is 5.11 Å². The highest BCUT2D eigenvalue weighted by Gasteiger charge is 2.22. The SMILES string of the molecule is CCCCCN(c1cccc(O)c1)C1CCCC1. The van der Waals surface area contributed by atoms with Gasteiger partial charge in [0.1, 0.15) is 5.75 Å². The van der Waals surface area contributed by atoms with Crippen LogP contribution >= 0.6 is 0 Å². The summed E-state index contributed by atoms with van der Waals surface area (Å²) in [5, 5.41) is 9.65. The Labute approximate surface area is 111 Å². The lowest BCUT2D eigenvalue weighted by Crippen LogP contribution is -2.34. The Balaban J connectivity index is 2.07. The molecule has 0 saturated heterocycles.